The average molecular weight is 406 g/mol. The predicted octanol–water partition coefficient (Wildman–Crippen LogP) is 2.58. The number of ether oxygens (including phenoxy) is 1. The van der Waals surface area contributed by atoms with Gasteiger partial charge in [0.2, 0.25) is 0 Å². The molecule has 3 amide bonds. The van der Waals surface area contributed by atoms with Crippen LogP contribution in [0.25, 0.3) is 0 Å². The summed E-state index contributed by atoms with van der Waals surface area (Å²) in [6.07, 6.45) is -0.322. The number of hydrogen-bond acceptors (Lipinski definition) is 5. The van der Waals surface area contributed by atoms with Gasteiger partial charge < -0.3 is 9.64 Å². The van der Waals surface area contributed by atoms with Gasteiger partial charge in [0.15, 0.2) is 6.10 Å². The first-order chi connectivity index (χ1) is 14.3. The van der Waals surface area contributed by atoms with Gasteiger partial charge in [-0.1, -0.05) is 30.3 Å². The molecule has 0 fully saturated rings. The minimum Gasteiger partial charge on any atom is -0.451 e. The van der Waals surface area contributed by atoms with E-state index >= 15 is 0 Å². The number of imide groups is 1. The number of amides is 3. The maximum absolute atomic E-state index is 13.0. The standard InChI is InChI=1S/C23H22N2O5/c1-13-12-16-8-4-7-11-19(16)24(13)20(26)15(3)30-23(29)14(2)25-21(27)17-9-5-6-10-18(17)22(25)28/h4-11,13-15H,12H2,1-3H3/t13-,14-,15+/m1/s1. The van der Waals surface area contributed by atoms with Crippen LogP contribution in [0.15, 0.2) is 48.5 Å². The minimum absolute atomic E-state index is 0.0512. The van der Waals surface area contributed by atoms with Crippen LogP contribution in [0.5, 0.6) is 0 Å². The number of rotatable bonds is 4. The van der Waals surface area contributed by atoms with E-state index in [2.05, 4.69) is 0 Å². The van der Waals surface area contributed by atoms with Gasteiger partial charge in [-0.05, 0) is 51.0 Å². The lowest BCUT2D eigenvalue weighted by Gasteiger charge is -2.27. The van der Waals surface area contributed by atoms with Crippen molar-refractivity contribution >= 4 is 29.4 Å². The Kier molecular flexibility index (Phi) is 4.89. The molecule has 0 unspecified atom stereocenters. The van der Waals surface area contributed by atoms with Crippen LogP contribution in [-0.2, 0) is 20.7 Å². The van der Waals surface area contributed by atoms with Crippen molar-refractivity contribution in [2.45, 2.75) is 45.4 Å². The van der Waals surface area contributed by atoms with Crippen LogP contribution in [0.2, 0.25) is 0 Å². The van der Waals surface area contributed by atoms with Crippen LogP contribution in [0, 0.1) is 0 Å². The van der Waals surface area contributed by atoms with Crippen molar-refractivity contribution in [3.8, 4) is 0 Å². The van der Waals surface area contributed by atoms with Crippen molar-refractivity contribution < 1.29 is 23.9 Å². The molecule has 0 saturated heterocycles. The van der Waals surface area contributed by atoms with Crippen molar-refractivity contribution in [2.75, 3.05) is 4.90 Å². The third-order valence-electron chi connectivity index (χ3n) is 5.64. The summed E-state index contributed by atoms with van der Waals surface area (Å²) < 4.78 is 5.38. The zero-order valence-corrected chi connectivity index (χ0v) is 17.0. The number of esters is 1. The van der Waals surface area contributed by atoms with E-state index in [0.29, 0.717) is 0 Å². The fourth-order valence-electron chi connectivity index (χ4n) is 4.09. The molecule has 0 N–H and O–H groups in total. The molecule has 0 bridgehead atoms. The second-order valence-corrected chi connectivity index (χ2v) is 7.67. The van der Waals surface area contributed by atoms with E-state index in [1.807, 2.05) is 31.2 Å². The third kappa shape index (κ3) is 3.07. The van der Waals surface area contributed by atoms with Gasteiger partial charge in [0.1, 0.15) is 6.04 Å². The maximum Gasteiger partial charge on any atom is 0.329 e. The van der Waals surface area contributed by atoms with E-state index < -0.39 is 29.9 Å². The number of hydrogen-bond donors (Lipinski definition) is 0. The van der Waals surface area contributed by atoms with E-state index in [9.17, 15) is 19.2 Å². The van der Waals surface area contributed by atoms with Crippen molar-refractivity contribution in [3.05, 3.63) is 65.2 Å². The maximum atomic E-state index is 13.0. The highest BCUT2D eigenvalue weighted by atomic mass is 16.5. The Bertz CT molecular complexity index is 1030. The molecule has 0 spiro atoms. The summed E-state index contributed by atoms with van der Waals surface area (Å²) >= 11 is 0. The summed E-state index contributed by atoms with van der Waals surface area (Å²) in [6.45, 7) is 4.87. The highest BCUT2D eigenvalue weighted by molar-refractivity contribution is 6.22. The molecule has 0 radical (unpaired) electrons. The molecule has 30 heavy (non-hydrogen) atoms. The molecule has 0 aromatic heterocycles. The van der Waals surface area contributed by atoms with E-state index in [1.165, 1.54) is 13.8 Å². The summed E-state index contributed by atoms with van der Waals surface area (Å²) in [5, 5.41) is 0. The zero-order chi connectivity index (χ0) is 21.6. The van der Waals surface area contributed by atoms with Gasteiger partial charge in [0.05, 0.1) is 11.1 Å². The van der Waals surface area contributed by atoms with Crippen LogP contribution in [0.3, 0.4) is 0 Å². The molecule has 154 valence electrons. The lowest BCUT2D eigenvalue weighted by Crippen LogP contribution is -2.47. The summed E-state index contributed by atoms with van der Waals surface area (Å²) in [5.74, 6) is -2.22. The fraction of sp³-hybridized carbons (Fsp3) is 0.304. The molecule has 4 rings (SSSR count). The van der Waals surface area contributed by atoms with Crippen molar-refractivity contribution in [1.29, 1.82) is 0 Å². The van der Waals surface area contributed by atoms with Crippen molar-refractivity contribution in [1.82, 2.24) is 4.90 Å². The number of nitrogens with zero attached hydrogens (tertiary/aromatic N) is 2. The van der Waals surface area contributed by atoms with E-state index in [0.717, 1.165) is 22.6 Å². The third-order valence-corrected chi connectivity index (χ3v) is 5.64. The second-order valence-electron chi connectivity index (χ2n) is 7.67. The van der Waals surface area contributed by atoms with E-state index in [4.69, 9.17) is 4.74 Å². The van der Waals surface area contributed by atoms with Gasteiger partial charge in [-0.15, -0.1) is 0 Å². The first-order valence-electron chi connectivity index (χ1n) is 9.89. The van der Waals surface area contributed by atoms with Gasteiger partial charge >= 0.3 is 5.97 Å². The van der Waals surface area contributed by atoms with E-state index in [1.54, 1.807) is 29.2 Å². The van der Waals surface area contributed by atoms with Gasteiger partial charge in [-0.3, -0.25) is 19.3 Å². The van der Waals surface area contributed by atoms with Crippen molar-refractivity contribution in [2.24, 2.45) is 0 Å². The first-order valence-corrected chi connectivity index (χ1v) is 9.89. The van der Waals surface area contributed by atoms with Crippen LogP contribution in [-0.4, -0.2) is 46.8 Å². The lowest BCUT2D eigenvalue weighted by atomic mass is 10.1. The Morgan fingerprint density at radius 1 is 0.967 bits per heavy atom. The van der Waals surface area contributed by atoms with Crippen LogP contribution in [0.4, 0.5) is 5.69 Å². The molecular formula is C23H22N2O5. The Hall–Kier alpha value is -3.48. The molecule has 2 aromatic carbocycles. The molecule has 2 aliphatic rings. The second kappa shape index (κ2) is 7.40. The molecule has 3 atom stereocenters. The Labute approximate surface area is 174 Å². The smallest absolute Gasteiger partial charge is 0.329 e. The number of carbonyl (C=O) groups is 4. The van der Waals surface area contributed by atoms with Gasteiger partial charge in [-0.2, -0.15) is 0 Å². The molecule has 0 saturated carbocycles. The molecular weight excluding hydrogens is 384 g/mol. The number of para-hydroxylation sites is 1. The molecule has 7 heteroatoms. The lowest BCUT2D eigenvalue weighted by molar-refractivity contribution is -0.157. The molecule has 2 heterocycles. The van der Waals surface area contributed by atoms with Crippen LogP contribution in [0.1, 0.15) is 47.1 Å². The quantitative estimate of drug-likeness (QED) is 0.576. The normalized spacial score (nSPS) is 19.4. The summed E-state index contributed by atoms with van der Waals surface area (Å²) in [5.41, 5.74) is 2.39. The topological polar surface area (TPSA) is 84.0 Å². The number of benzene rings is 2. The SMILES string of the molecule is C[C@H](OC(=O)[C@@H](C)N1C(=O)c2ccccc2C1=O)C(=O)N1c2ccccc2C[C@H]1C. The molecule has 2 aliphatic heterocycles. The Morgan fingerprint density at radius 2 is 1.53 bits per heavy atom. The van der Waals surface area contributed by atoms with Gasteiger partial charge in [0.25, 0.3) is 17.7 Å². The predicted molar refractivity (Wildman–Crippen MR) is 109 cm³/mol. The highest BCUT2D eigenvalue weighted by Crippen LogP contribution is 2.32. The summed E-state index contributed by atoms with van der Waals surface area (Å²) in [6, 6.07) is 12.8. The van der Waals surface area contributed by atoms with E-state index in [-0.39, 0.29) is 23.1 Å². The molecule has 0 aliphatic carbocycles. The first kappa shape index (κ1) is 19.8. The number of fused-ring (bicyclic) bond motifs is 2. The largest absolute Gasteiger partial charge is 0.451 e. The minimum atomic E-state index is -1.14. The van der Waals surface area contributed by atoms with Crippen LogP contribution < -0.4 is 4.90 Å². The highest BCUT2D eigenvalue weighted by Gasteiger charge is 2.42. The number of carbonyl (C=O) groups excluding carboxylic acids is 4. The van der Waals surface area contributed by atoms with Gasteiger partial charge in [-0.25, -0.2) is 4.79 Å². The summed E-state index contributed by atoms with van der Waals surface area (Å²) in [7, 11) is 0. The average Bonchev–Trinajstić information content (AvgIpc) is 3.20. The molecule has 2 aromatic rings. The Balaban J connectivity index is 1.47. The zero-order valence-electron chi connectivity index (χ0n) is 17.0. The summed E-state index contributed by atoms with van der Waals surface area (Å²) in [4.78, 5) is 53.4. The monoisotopic (exact) mass is 406 g/mol. The van der Waals surface area contributed by atoms with Crippen molar-refractivity contribution in [3.63, 3.8) is 0 Å². The number of anilines is 1. The Morgan fingerprint density at radius 3 is 2.17 bits per heavy atom. The fourth-order valence-corrected chi connectivity index (χ4v) is 4.09. The van der Waals surface area contributed by atoms with Crippen LogP contribution >= 0.6 is 0 Å². The van der Waals surface area contributed by atoms with Gasteiger partial charge in [0, 0.05) is 11.7 Å². The molecule has 7 nitrogen and oxygen atoms in total.